The maximum atomic E-state index is 6.92. The minimum atomic E-state index is 0.896. The Kier molecular flexibility index (Phi) is 7.75. The summed E-state index contributed by atoms with van der Waals surface area (Å²) >= 11 is 1.85. The van der Waals surface area contributed by atoms with Crippen molar-refractivity contribution in [1.29, 1.82) is 0 Å². The number of benzene rings is 10. The highest BCUT2D eigenvalue weighted by Gasteiger charge is 2.23. The van der Waals surface area contributed by atoms with E-state index in [1.165, 1.54) is 58.6 Å². The number of furan rings is 1. The number of hydrogen-bond donors (Lipinski definition) is 0. The Hall–Kier alpha value is -7.46. The molecule has 0 unspecified atom stereocenters. The van der Waals surface area contributed by atoms with Crippen molar-refractivity contribution in [2.75, 3.05) is 4.90 Å². The maximum Gasteiger partial charge on any atom is 0.143 e. The van der Waals surface area contributed by atoms with Crippen LogP contribution in [-0.4, -0.2) is 0 Å². The number of nitrogens with zero attached hydrogens (tertiary/aromatic N) is 1. The average molecular weight is 770 g/mol. The zero-order valence-corrected chi connectivity index (χ0v) is 32.8. The second-order valence-corrected chi connectivity index (χ2v) is 16.3. The normalized spacial score (nSPS) is 11.7. The van der Waals surface area contributed by atoms with Gasteiger partial charge in [0.25, 0.3) is 0 Å². The molecule has 0 atom stereocenters. The van der Waals surface area contributed by atoms with Gasteiger partial charge in [0.2, 0.25) is 0 Å². The fourth-order valence-electron chi connectivity index (χ4n) is 9.10. The molecule has 2 aromatic heterocycles. The predicted molar refractivity (Wildman–Crippen MR) is 253 cm³/mol. The second kappa shape index (κ2) is 13.6. The van der Waals surface area contributed by atoms with Crippen LogP contribution in [-0.2, 0) is 0 Å². The minimum Gasteiger partial charge on any atom is -0.455 e. The number of hydrogen-bond acceptors (Lipinski definition) is 3. The van der Waals surface area contributed by atoms with Gasteiger partial charge in [-0.3, -0.25) is 0 Å². The summed E-state index contributed by atoms with van der Waals surface area (Å²) < 4.78 is 9.46. The van der Waals surface area contributed by atoms with Crippen molar-refractivity contribution >= 4 is 92.1 Å². The highest BCUT2D eigenvalue weighted by Crippen LogP contribution is 2.49. The van der Waals surface area contributed by atoms with Gasteiger partial charge in [0.1, 0.15) is 11.2 Å². The Morgan fingerprint density at radius 2 is 0.932 bits per heavy atom. The summed E-state index contributed by atoms with van der Waals surface area (Å²) in [6, 6.07) is 76.9. The van der Waals surface area contributed by atoms with Gasteiger partial charge < -0.3 is 9.32 Å². The van der Waals surface area contributed by atoms with E-state index in [0.29, 0.717) is 0 Å². The molecule has 12 aromatic rings. The lowest BCUT2D eigenvalue weighted by Gasteiger charge is -2.28. The van der Waals surface area contributed by atoms with E-state index in [0.717, 1.165) is 55.5 Å². The molecule has 0 aliphatic carbocycles. The lowest BCUT2D eigenvalue weighted by Crippen LogP contribution is -2.11. The van der Waals surface area contributed by atoms with Crippen LogP contribution in [0.5, 0.6) is 0 Å². The van der Waals surface area contributed by atoms with Crippen LogP contribution in [0.1, 0.15) is 0 Å². The van der Waals surface area contributed by atoms with Crippen LogP contribution in [0.3, 0.4) is 0 Å². The average Bonchev–Trinajstić information content (AvgIpc) is 3.89. The molecule has 0 aliphatic heterocycles. The maximum absolute atomic E-state index is 6.92. The smallest absolute Gasteiger partial charge is 0.143 e. The predicted octanol–water partition coefficient (Wildman–Crippen LogP) is 16.7. The van der Waals surface area contributed by atoms with Crippen molar-refractivity contribution in [2.24, 2.45) is 0 Å². The molecule has 2 nitrogen and oxygen atoms in total. The summed E-state index contributed by atoms with van der Waals surface area (Å²) in [6.45, 7) is 0. The van der Waals surface area contributed by atoms with Crippen molar-refractivity contribution < 1.29 is 4.42 Å². The summed E-state index contributed by atoms with van der Waals surface area (Å²) in [5, 5.41) is 9.60. The molecule has 276 valence electrons. The lowest BCUT2D eigenvalue weighted by molar-refractivity contribution is 0.674. The second-order valence-electron chi connectivity index (χ2n) is 15.2. The number of anilines is 3. The molecule has 0 radical (unpaired) electrons. The minimum absolute atomic E-state index is 0.896. The molecular formula is C56H35NOS. The zero-order valence-electron chi connectivity index (χ0n) is 32.0. The highest BCUT2D eigenvalue weighted by molar-refractivity contribution is 7.26. The third-order valence-corrected chi connectivity index (χ3v) is 13.1. The fourth-order valence-corrected chi connectivity index (χ4v) is 10.3. The summed E-state index contributed by atoms with van der Waals surface area (Å²) in [6.07, 6.45) is 0. The van der Waals surface area contributed by atoms with E-state index in [1.807, 2.05) is 11.3 Å². The molecule has 12 rings (SSSR count). The van der Waals surface area contributed by atoms with E-state index in [9.17, 15) is 0 Å². The Labute approximate surface area is 345 Å². The summed E-state index contributed by atoms with van der Waals surface area (Å²) in [4.78, 5) is 2.44. The van der Waals surface area contributed by atoms with Gasteiger partial charge >= 0.3 is 0 Å². The van der Waals surface area contributed by atoms with Crippen molar-refractivity contribution in [3.8, 4) is 33.4 Å². The number of fused-ring (bicyclic) bond motifs is 9. The summed E-state index contributed by atoms with van der Waals surface area (Å²) in [5.74, 6) is 0. The first kappa shape index (κ1) is 33.7. The third-order valence-electron chi connectivity index (χ3n) is 11.9. The first-order valence-corrected chi connectivity index (χ1v) is 20.9. The van der Waals surface area contributed by atoms with E-state index in [2.05, 4.69) is 217 Å². The molecular weight excluding hydrogens is 735 g/mol. The van der Waals surface area contributed by atoms with Gasteiger partial charge in [0, 0.05) is 48.4 Å². The monoisotopic (exact) mass is 769 g/mol. The van der Waals surface area contributed by atoms with E-state index < -0.39 is 0 Å². The number of rotatable bonds is 6. The summed E-state index contributed by atoms with van der Waals surface area (Å²) in [7, 11) is 0. The molecule has 0 bridgehead atoms. The Morgan fingerprint density at radius 3 is 1.83 bits per heavy atom. The lowest BCUT2D eigenvalue weighted by atomic mass is 9.95. The molecule has 2 heterocycles. The van der Waals surface area contributed by atoms with Gasteiger partial charge in [0.05, 0.1) is 16.1 Å². The first-order chi connectivity index (χ1) is 29.3. The van der Waals surface area contributed by atoms with Crippen molar-refractivity contribution in [1.82, 2.24) is 0 Å². The van der Waals surface area contributed by atoms with E-state index >= 15 is 0 Å². The molecule has 0 saturated carbocycles. The zero-order chi connectivity index (χ0) is 38.9. The Bertz CT molecular complexity index is 3570. The van der Waals surface area contributed by atoms with Crippen LogP contribution in [0.4, 0.5) is 17.1 Å². The topological polar surface area (TPSA) is 16.4 Å². The van der Waals surface area contributed by atoms with Gasteiger partial charge in [-0.05, 0) is 80.9 Å². The van der Waals surface area contributed by atoms with Gasteiger partial charge in [-0.15, -0.1) is 11.3 Å². The molecule has 0 saturated heterocycles. The van der Waals surface area contributed by atoms with Crippen LogP contribution < -0.4 is 4.90 Å². The molecule has 0 N–H and O–H groups in total. The van der Waals surface area contributed by atoms with Gasteiger partial charge in [-0.25, -0.2) is 0 Å². The molecule has 59 heavy (non-hydrogen) atoms. The Morgan fingerprint density at radius 1 is 0.339 bits per heavy atom. The van der Waals surface area contributed by atoms with Crippen molar-refractivity contribution in [3.63, 3.8) is 0 Å². The van der Waals surface area contributed by atoms with E-state index in [4.69, 9.17) is 4.42 Å². The first-order valence-electron chi connectivity index (χ1n) is 20.1. The number of para-hydroxylation sites is 2. The van der Waals surface area contributed by atoms with Crippen molar-refractivity contribution in [3.05, 3.63) is 212 Å². The van der Waals surface area contributed by atoms with Crippen LogP contribution in [0.25, 0.3) is 97.0 Å². The molecule has 10 aromatic carbocycles. The van der Waals surface area contributed by atoms with Crippen LogP contribution in [0.15, 0.2) is 217 Å². The number of thiophene rings is 1. The standard InChI is InChI=1S/C56H35NOS/c1-3-18-42-37(13-1)15-10-22-43(42)40-17-9-16-39(35-40)36-29-32-41(33-30-36)57(52-27-12-25-50-46-21-6-8-28-53(46)59-56(50)52)51-26-7-5-20-45(51)47-23-11-24-48-49-34-31-38-14-2-4-19-44(38)54(49)58-55(47)48/h1-35H. The quantitative estimate of drug-likeness (QED) is 0.167. The molecule has 3 heteroatoms. The highest BCUT2D eigenvalue weighted by atomic mass is 32.1. The summed E-state index contributed by atoms with van der Waals surface area (Å²) in [5.41, 5.74) is 12.1. The molecule has 0 spiro atoms. The van der Waals surface area contributed by atoms with E-state index in [-0.39, 0.29) is 0 Å². The van der Waals surface area contributed by atoms with Gasteiger partial charge in [0.15, 0.2) is 0 Å². The van der Waals surface area contributed by atoms with Crippen molar-refractivity contribution in [2.45, 2.75) is 0 Å². The largest absolute Gasteiger partial charge is 0.455 e. The molecule has 0 fully saturated rings. The fraction of sp³-hybridized carbons (Fsp3) is 0. The van der Waals surface area contributed by atoms with E-state index in [1.54, 1.807) is 0 Å². The van der Waals surface area contributed by atoms with Crippen LogP contribution >= 0.6 is 11.3 Å². The van der Waals surface area contributed by atoms with Crippen LogP contribution in [0.2, 0.25) is 0 Å². The Balaban J connectivity index is 1.04. The molecule has 0 amide bonds. The SMILES string of the molecule is c1cc(-c2ccc(N(c3ccccc3-c3cccc4c3oc3c5ccccc5ccc43)c3cccc4c3sc3ccccc34)cc2)cc(-c2cccc3ccccc23)c1. The molecule has 0 aliphatic rings. The van der Waals surface area contributed by atoms with Crippen LogP contribution in [0, 0.1) is 0 Å². The van der Waals surface area contributed by atoms with Gasteiger partial charge in [-0.2, -0.15) is 0 Å². The third kappa shape index (κ3) is 5.47. The van der Waals surface area contributed by atoms with Gasteiger partial charge in [-0.1, -0.05) is 170 Å².